The van der Waals surface area contributed by atoms with Gasteiger partial charge in [0.05, 0.1) is 0 Å². The van der Waals surface area contributed by atoms with Crippen LogP contribution in [0.15, 0.2) is 59.7 Å². The Morgan fingerprint density at radius 2 is 2.00 bits per heavy atom. The molecule has 0 aliphatic rings. The molecule has 0 aliphatic carbocycles. The Balaban J connectivity index is 2.29. The number of hydrogen-bond acceptors (Lipinski definition) is 2. The van der Waals surface area contributed by atoms with Crippen LogP contribution in [0.2, 0.25) is 0 Å². The zero-order valence-corrected chi connectivity index (χ0v) is 12.7. The van der Waals surface area contributed by atoms with Gasteiger partial charge in [-0.3, -0.25) is 14.4 Å². The minimum Gasteiger partial charge on any atom is -0.269 e. The summed E-state index contributed by atoms with van der Waals surface area (Å²) in [7, 11) is 0. The lowest BCUT2D eigenvalue weighted by Gasteiger charge is -2.04. The molecule has 108 valence electrons. The molecule has 3 heteroatoms. The van der Waals surface area contributed by atoms with Gasteiger partial charge in [0.2, 0.25) is 0 Å². The number of aryl methyl sites for hydroxylation is 1. The van der Waals surface area contributed by atoms with Crippen LogP contribution in [0.4, 0.5) is 0 Å². The lowest BCUT2D eigenvalue weighted by Crippen LogP contribution is -2.26. The molecule has 1 heterocycles. The van der Waals surface area contributed by atoms with E-state index in [0.717, 1.165) is 5.56 Å². The van der Waals surface area contributed by atoms with E-state index in [1.54, 1.807) is 16.8 Å². The summed E-state index contributed by atoms with van der Waals surface area (Å²) in [5.41, 5.74) is 2.86. The number of allylic oxidation sites excluding steroid dienone is 1. The Morgan fingerprint density at radius 1 is 1.19 bits per heavy atom. The average molecular weight is 280 g/mol. The van der Waals surface area contributed by atoms with E-state index < -0.39 is 0 Å². The number of rotatable bonds is 3. The summed E-state index contributed by atoms with van der Waals surface area (Å²) in [5.74, 6) is -0.100. The van der Waals surface area contributed by atoms with Gasteiger partial charge in [0.1, 0.15) is 5.49 Å². The lowest BCUT2D eigenvalue weighted by atomic mass is 10.1. The molecule has 0 saturated carbocycles. The first-order valence-electron chi connectivity index (χ1n) is 7.07. The molecule has 0 aliphatic heterocycles. The Bertz CT molecular complexity index is 724. The van der Waals surface area contributed by atoms with Crippen molar-refractivity contribution in [3.63, 3.8) is 0 Å². The van der Waals surface area contributed by atoms with Crippen LogP contribution in [0.3, 0.4) is 0 Å². The summed E-state index contributed by atoms with van der Waals surface area (Å²) in [6, 6.07) is 13.7. The second kappa shape index (κ2) is 6.84. The van der Waals surface area contributed by atoms with Gasteiger partial charge in [-0.15, -0.1) is 0 Å². The van der Waals surface area contributed by atoms with Crippen molar-refractivity contribution < 1.29 is 4.79 Å². The highest BCUT2D eigenvalue weighted by Gasteiger charge is 2.01. The molecule has 21 heavy (non-hydrogen) atoms. The first-order valence-corrected chi connectivity index (χ1v) is 7.07. The van der Waals surface area contributed by atoms with E-state index in [-0.39, 0.29) is 11.9 Å². The Morgan fingerprint density at radius 3 is 2.71 bits per heavy atom. The first-order chi connectivity index (χ1) is 10.1. The van der Waals surface area contributed by atoms with E-state index in [2.05, 4.69) is 4.99 Å². The van der Waals surface area contributed by atoms with Crippen LogP contribution in [0, 0.1) is 6.92 Å². The van der Waals surface area contributed by atoms with E-state index in [1.807, 2.05) is 69.3 Å². The van der Waals surface area contributed by atoms with Crippen molar-refractivity contribution in [1.29, 1.82) is 0 Å². The van der Waals surface area contributed by atoms with Crippen LogP contribution in [-0.2, 0) is 0 Å². The van der Waals surface area contributed by atoms with Crippen LogP contribution in [0.25, 0.3) is 6.08 Å². The van der Waals surface area contributed by atoms with E-state index >= 15 is 0 Å². The molecule has 2 aromatic rings. The van der Waals surface area contributed by atoms with Gasteiger partial charge in [0.25, 0.3) is 5.91 Å². The van der Waals surface area contributed by atoms with Crippen LogP contribution in [-0.4, -0.2) is 16.5 Å². The molecule has 0 amide bonds. The number of benzene rings is 1. The minimum atomic E-state index is -0.100. The van der Waals surface area contributed by atoms with Crippen molar-refractivity contribution >= 4 is 12.0 Å². The van der Waals surface area contributed by atoms with E-state index in [9.17, 15) is 4.79 Å². The standard InChI is InChI=1S/C18H20N2O/c1-14(2)19-17-9-4-5-12-20(17)18(21)11-10-16-8-6-7-15(3)13-16/h4-14H,1-3H3/b11-10+,19-17?. The fourth-order valence-electron chi connectivity index (χ4n) is 2.01. The molecule has 0 spiro atoms. The van der Waals surface area contributed by atoms with Crippen LogP contribution >= 0.6 is 0 Å². The summed E-state index contributed by atoms with van der Waals surface area (Å²) >= 11 is 0. The molecule has 0 unspecified atom stereocenters. The van der Waals surface area contributed by atoms with E-state index in [0.29, 0.717) is 5.49 Å². The van der Waals surface area contributed by atoms with Gasteiger partial charge >= 0.3 is 0 Å². The fourth-order valence-corrected chi connectivity index (χ4v) is 2.01. The number of carbonyl (C=O) groups excluding carboxylic acids is 1. The SMILES string of the molecule is Cc1cccc(/C=C/C(=O)n2ccccc2=NC(C)C)c1. The number of hydrogen-bond donors (Lipinski definition) is 0. The lowest BCUT2D eigenvalue weighted by molar-refractivity contribution is 0.0964. The molecule has 1 aromatic carbocycles. The summed E-state index contributed by atoms with van der Waals surface area (Å²) in [4.78, 5) is 16.8. The highest BCUT2D eigenvalue weighted by Crippen LogP contribution is 2.05. The molecule has 0 radical (unpaired) electrons. The highest BCUT2D eigenvalue weighted by molar-refractivity contribution is 5.93. The first kappa shape index (κ1) is 15.0. The van der Waals surface area contributed by atoms with Crippen molar-refractivity contribution in [3.05, 3.63) is 71.4 Å². The molecular formula is C18H20N2O. The van der Waals surface area contributed by atoms with Gasteiger partial charge < -0.3 is 0 Å². The Kier molecular flexibility index (Phi) is 4.88. The van der Waals surface area contributed by atoms with Crippen LogP contribution in [0.1, 0.15) is 29.8 Å². The van der Waals surface area contributed by atoms with Crippen molar-refractivity contribution in [1.82, 2.24) is 4.57 Å². The maximum Gasteiger partial charge on any atom is 0.256 e. The zero-order valence-electron chi connectivity index (χ0n) is 12.7. The van der Waals surface area contributed by atoms with Crippen LogP contribution in [0.5, 0.6) is 0 Å². The van der Waals surface area contributed by atoms with Gasteiger partial charge in [-0.1, -0.05) is 35.9 Å². The number of pyridine rings is 1. The summed E-state index contributed by atoms with van der Waals surface area (Å²) in [5, 5.41) is 0. The van der Waals surface area contributed by atoms with Crippen LogP contribution < -0.4 is 5.49 Å². The summed E-state index contributed by atoms with van der Waals surface area (Å²) in [6.45, 7) is 6.01. The predicted octanol–water partition coefficient (Wildman–Crippen LogP) is 3.46. The molecular weight excluding hydrogens is 260 g/mol. The second-order valence-corrected chi connectivity index (χ2v) is 5.24. The Hall–Kier alpha value is -2.42. The van der Waals surface area contributed by atoms with Gasteiger partial charge in [-0.05, 0) is 44.5 Å². The third-order valence-corrected chi connectivity index (χ3v) is 2.93. The topological polar surface area (TPSA) is 34.4 Å². The van der Waals surface area contributed by atoms with Gasteiger partial charge in [-0.2, -0.15) is 0 Å². The molecule has 1 aromatic heterocycles. The molecule has 0 fully saturated rings. The Labute approximate surface area is 125 Å². The van der Waals surface area contributed by atoms with Gasteiger partial charge in [0.15, 0.2) is 0 Å². The number of aromatic nitrogens is 1. The summed E-state index contributed by atoms with van der Waals surface area (Å²) in [6.07, 6.45) is 5.15. The zero-order chi connectivity index (χ0) is 15.2. The predicted molar refractivity (Wildman–Crippen MR) is 86.0 cm³/mol. The van der Waals surface area contributed by atoms with Crippen molar-refractivity contribution in [2.75, 3.05) is 0 Å². The fraction of sp³-hybridized carbons (Fsp3) is 0.222. The molecule has 0 atom stereocenters. The maximum absolute atomic E-state index is 12.3. The van der Waals surface area contributed by atoms with Crippen molar-refractivity contribution in [2.24, 2.45) is 4.99 Å². The molecule has 0 saturated heterocycles. The van der Waals surface area contributed by atoms with Gasteiger partial charge in [-0.25, -0.2) is 0 Å². The van der Waals surface area contributed by atoms with E-state index in [4.69, 9.17) is 0 Å². The largest absolute Gasteiger partial charge is 0.269 e. The number of nitrogens with zero attached hydrogens (tertiary/aromatic N) is 2. The quantitative estimate of drug-likeness (QED) is 0.793. The maximum atomic E-state index is 12.3. The summed E-state index contributed by atoms with van der Waals surface area (Å²) < 4.78 is 1.56. The van der Waals surface area contributed by atoms with Crippen molar-refractivity contribution in [3.8, 4) is 0 Å². The number of carbonyl (C=O) groups is 1. The molecule has 0 bridgehead atoms. The third-order valence-electron chi connectivity index (χ3n) is 2.93. The normalized spacial score (nSPS) is 12.3. The molecule has 3 nitrogen and oxygen atoms in total. The van der Waals surface area contributed by atoms with Crippen molar-refractivity contribution in [2.45, 2.75) is 26.8 Å². The average Bonchev–Trinajstić information content (AvgIpc) is 2.45. The van der Waals surface area contributed by atoms with Gasteiger partial charge in [0, 0.05) is 18.3 Å². The molecule has 2 rings (SSSR count). The van der Waals surface area contributed by atoms with E-state index in [1.165, 1.54) is 5.56 Å². The third kappa shape index (κ3) is 4.28. The highest BCUT2D eigenvalue weighted by atomic mass is 16.1. The monoisotopic (exact) mass is 280 g/mol. The smallest absolute Gasteiger partial charge is 0.256 e. The minimum absolute atomic E-state index is 0.100. The second-order valence-electron chi connectivity index (χ2n) is 5.24. The molecule has 0 N–H and O–H groups in total.